The quantitative estimate of drug-likeness (QED) is 0.792. The Morgan fingerprint density at radius 2 is 1.91 bits per heavy atom. The first kappa shape index (κ1) is 16.6. The minimum absolute atomic E-state index is 0.214. The first-order valence-corrected chi connectivity index (χ1v) is 9.38. The van der Waals surface area contributed by atoms with Crippen LogP contribution in [0.1, 0.15) is 29.7 Å². The lowest BCUT2D eigenvalue weighted by molar-refractivity contribution is 0.0273. The zero-order chi connectivity index (χ0) is 15.9. The molecule has 1 heterocycles. The third-order valence-corrected chi connectivity index (χ3v) is 5.65. The molecule has 2 nitrogen and oxygen atoms in total. The van der Waals surface area contributed by atoms with Crippen LogP contribution in [0.4, 0.5) is 0 Å². The third-order valence-electron chi connectivity index (χ3n) is 4.17. The van der Waals surface area contributed by atoms with Gasteiger partial charge in [-0.2, -0.15) is 0 Å². The maximum Gasteiger partial charge on any atom is 0.0862 e. The summed E-state index contributed by atoms with van der Waals surface area (Å²) in [5, 5.41) is 3.79. The van der Waals surface area contributed by atoms with Gasteiger partial charge in [-0.3, -0.25) is 0 Å². The molecule has 3 heteroatoms. The van der Waals surface area contributed by atoms with Crippen molar-refractivity contribution in [2.24, 2.45) is 0 Å². The number of rotatable bonds is 6. The maximum absolute atomic E-state index is 6.08. The summed E-state index contributed by atoms with van der Waals surface area (Å²) in [6, 6.07) is 19.6. The predicted molar refractivity (Wildman–Crippen MR) is 98.1 cm³/mol. The molecule has 0 spiro atoms. The second kappa shape index (κ2) is 8.53. The summed E-state index contributed by atoms with van der Waals surface area (Å²) in [6.07, 6.45) is 2.52. The Hall–Kier alpha value is -1.29. The van der Waals surface area contributed by atoms with E-state index in [4.69, 9.17) is 4.74 Å². The monoisotopic (exact) mass is 327 g/mol. The van der Waals surface area contributed by atoms with Crippen LogP contribution >= 0.6 is 11.8 Å². The van der Waals surface area contributed by atoms with E-state index in [1.165, 1.54) is 22.4 Å². The molecule has 1 N–H and O–H groups in total. The molecule has 2 atom stereocenters. The lowest BCUT2D eigenvalue weighted by atomic mass is 10.1. The van der Waals surface area contributed by atoms with E-state index in [0.29, 0.717) is 5.25 Å². The molecule has 1 aliphatic rings. The second-order valence-electron chi connectivity index (χ2n) is 5.92. The molecule has 0 amide bonds. The zero-order valence-electron chi connectivity index (χ0n) is 13.7. The van der Waals surface area contributed by atoms with Gasteiger partial charge in [-0.1, -0.05) is 61.9 Å². The van der Waals surface area contributed by atoms with Crippen molar-refractivity contribution >= 4 is 11.8 Å². The van der Waals surface area contributed by atoms with E-state index >= 15 is 0 Å². The summed E-state index contributed by atoms with van der Waals surface area (Å²) >= 11 is 1.95. The van der Waals surface area contributed by atoms with E-state index in [2.05, 4.69) is 66.8 Å². The molecule has 1 aliphatic heterocycles. The average molecular weight is 327 g/mol. The molecular formula is C20H25NOS. The van der Waals surface area contributed by atoms with Gasteiger partial charge in [0.05, 0.1) is 18.0 Å². The molecule has 0 unspecified atom stereocenters. The van der Waals surface area contributed by atoms with E-state index in [1.54, 1.807) is 0 Å². The van der Waals surface area contributed by atoms with E-state index < -0.39 is 0 Å². The summed E-state index contributed by atoms with van der Waals surface area (Å²) in [6.45, 7) is 4.91. The van der Waals surface area contributed by atoms with Gasteiger partial charge in [-0.15, -0.1) is 11.8 Å². The van der Waals surface area contributed by atoms with Gasteiger partial charge in [-0.25, -0.2) is 0 Å². The molecule has 0 saturated carbocycles. The molecule has 0 aromatic heterocycles. The van der Waals surface area contributed by atoms with Gasteiger partial charge in [0.1, 0.15) is 0 Å². The first-order valence-electron chi connectivity index (χ1n) is 8.50. The summed E-state index contributed by atoms with van der Waals surface area (Å²) < 4.78 is 6.08. The van der Waals surface area contributed by atoms with Gasteiger partial charge in [0.15, 0.2) is 0 Å². The highest BCUT2D eigenvalue weighted by molar-refractivity contribution is 7.99. The average Bonchev–Trinajstić information content (AvgIpc) is 2.63. The number of ether oxygens (including phenoxy) is 1. The third kappa shape index (κ3) is 4.37. The Bertz CT molecular complexity index is 596. The van der Waals surface area contributed by atoms with Gasteiger partial charge in [0.25, 0.3) is 0 Å². The lowest BCUT2D eigenvalue weighted by Gasteiger charge is -2.31. The summed E-state index contributed by atoms with van der Waals surface area (Å²) in [4.78, 5) is 1.39. The minimum atomic E-state index is 0.214. The highest BCUT2D eigenvalue weighted by Crippen LogP contribution is 2.40. The van der Waals surface area contributed by atoms with Crippen LogP contribution in [0.25, 0.3) is 0 Å². The first-order chi connectivity index (χ1) is 11.4. The number of thioether (sulfide) groups is 1. The van der Waals surface area contributed by atoms with Crippen LogP contribution in [0.5, 0.6) is 0 Å². The molecule has 23 heavy (non-hydrogen) atoms. The summed E-state index contributed by atoms with van der Waals surface area (Å²) in [7, 11) is 0. The number of benzene rings is 2. The Balaban J connectivity index is 1.86. The Morgan fingerprint density at radius 3 is 2.65 bits per heavy atom. The van der Waals surface area contributed by atoms with Crippen molar-refractivity contribution in [2.75, 3.05) is 19.7 Å². The normalized spacial score (nSPS) is 19.4. The van der Waals surface area contributed by atoms with Crippen LogP contribution in [0.2, 0.25) is 0 Å². The predicted octanol–water partition coefficient (Wildman–Crippen LogP) is 4.46. The van der Waals surface area contributed by atoms with Gasteiger partial charge >= 0.3 is 0 Å². The highest BCUT2D eigenvalue weighted by Gasteiger charge is 2.27. The van der Waals surface area contributed by atoms with Gasteiger partial charge in [0, 0.05) is 18.0 Å². The van der Waals surface area contributed by atoms with Crippen LogP contribution in [0, 0.1) is 0 Å². The smallest absolute Gasteiger partial charge is 0.0862 e. The lowest BCUT2D eigenvalue weighted by Crippen LogP contribution is -2.41. The number of aryl methyl sites for hydroxylation is 1. The second-order valence-corrected chi connectivity index (χ2v) is 7.10. The number of nitrogens with one attached hydrogen (secondary N) is 1. The topological polar surface area (TPSA) is 21.3 Å². The fourth-order valence-electron chi connectivity index (χ4n) is 3.01. The van der Waals surface area contributed by atoms with Gasteiger partial charge < -0.3 is 10.1 Å². The fourth-order valence-corrected chi connectivity index (χ4v) is 4.38. The molecule has 2 aromatic carbocycles. The van der Waals surface area contributed by atoms with E-state index in [1.807, 2.05) is 11.8 Å². The fraction of sp³-hybridized carbons (Fsp3) is 0.400. The summed E-state index contributed by atoms with van der Waals surface area (Å²) in [5.74, 6) is 0. The Labute approximate surface area is 143 Å². The Morgan fingerprint density at radius 1 is 1.13 bits per heavy atom. The van der Waals surface area contributed by atoms with Crippen molar-refractivity contribution < 1.29 is 4.74 Å². The van der Waals surface area contributed by atoms with E-state index in [-0.39, 0.29) is 6.10 Å². The van der Waals surface area contributed by atoms with Crippen LogP contribution in [-0.2, 0) is 11.2 Å². The van der Waals surface area contributed by atoms with E-state index in [9.17, 15) is 0 Å². The van der Waals surface area contributed by atoms with Crippen molar-refractivity contribution in [1.82, 2.24) is 5.32 Å². The summed E-state index contributed by atoms with van der Waals surface area (Å²) in [5.41, 5.74) is 2.79. The van der Waals surface area contributed by atoms with E-state index in [0.717, 1.165) is 26.1 Å². The molecule has 0 radical (unpaired) electrons. The van der Waals surface area contributed by atoms with Crippen molar-refractivity contribution in [1.29, 1.82) is 0 Å². The van der Waals surface area contributed by atoms with Crippen LogP contribution in [-0.4, -0.2) is 25.8 Å². The molecule has 122 valence electrons. The molecule has 1 saturated heterocycles. The molecule has 0 aliphatic carbocycles. The molecule has 2 aromatic rings. The van der Waals surface area contributed by atoms with Crippen molar-refractivity contribution in [3.63, 3.8) is 0 Å². The number of morpholine rings is 1. The SMILES string of the molecule is CCCc1ccccc1S[C@@H](c1ccccc1)[C@@H]1CNCCO1. The molecule has 3 rings (SSSR count). The molecule has 0 bridgehead atoms. The largest absolute Gasteiger partial charge is 0.374 e. The van der Waals surface area contributed by atoms with Crippen molar-refractivity contribution in [3.8, 4) is 0 Å². The van der Waals surface area contributed by atoms with Crippen LogP contribution in [0.15, 0.2) is 59.5 Å². The Kier molecular flexibility index (Phi) is 6.14. The van der Waals surface area contributed by atoms with Crippen LogP contribution in [0.3, 0.4) is 0 Å². The van der Waals surface area contributed by atoms with Crippen molar-refractivity contribution in [3.05, 3.63) is 65.7 Å². The number of hydrogen-bond donors (Lipinski definition) is 1. The van der Waals surface area contributed by atoms with Gasteiger partial charge in [0.2, 0.25) is 0 Å². The minimum Gasteiger partial charge on any atom is -0.374 e. The standard InChI is InChI=1S/C20H25NOS/c1-2-8-16-9-6-7-12-19(16)23-20(17-10-4-3-5-11-17)18-15-21-13-14-22-18/h3-7,9-12,18,20-21H,2,8,13-15H2,1H3/t18-,20-/m0/s1. The molecule has 1 fully saturated rings. The number of hydrogen-bond acceptors (Lipinski definition) is 3. The van der Waals surface area contributed by atoms with Crippen molar-refractivity contribution in [2.45, 2.75) is 36.0 Å². The van der Waals surface area contributed by atoms with Gasteiger partial charge in [-0.05, 0) is 23.6 Å². The maximum atomic E-state index is 6.08. The molecular weight excluding hydrogens is 302 g/mol. The van der Waals surface area contributed by atoms with Crippen LogP contribution < -0.4 is 5.32 Å². The zero-order valence-corrected chi connectivity index (χ0v) is 14.5. The highest BCUT2D eigenvalue weighted by atomic mass is 32.2.